The van der Waals surface area contributed by atoms with Crippen LogP contribution in [-0.2, 0) is 4.79 Å². The molecule has 80 valence electrons. The van der Waals surface area contributed by atoms with E-state index in [9.17, 15) is 9.59 Å². The first-order chi connectivity index (χ1) is 7.06. The highest BCUT2D eigenvalue weighted by Crippen LogP contribution is 2.03. The third-order valence-electron chi connectivity index (χ3n) is 2.14. The molecule has 1 heterocycles. The summed E-state index contributed by atoms with van der Waals surface area (Å²) in [4.78, 5) is 21.8. The number of hydrogen-bond acceptors (Lipinski definition) is 2. The van der Waals surface area contributed by atoms with Crippen LogP contribution in [0.15, 0.2) is 24.5 Å². The number of primary amides is 1. The van der Waals surface area contributed by atoms with Crippen LogP contribution in [0.1, 0.15) is 29.7 Å². The second-order valence-corrected chi connectivity index (χ2v) is 3.17. The van der Waals surface area contributed by atoms with Gasteiger partial charge in [-0.3, -0.25) is 4.79 Å². The Balaban J connectivity index is 3.08. The van der Waals surface area contributed by atoms with E-state index in [2.05, 4.69) is 0 Å². The van der Waals surface area contributed by atoms with Gasteiger partial charge >= 0.3 is 5.97 Å². The van der Waals surface area contributed by atoms with Gasteiger partial charge in [0.25, 0.3) is 11.9 Å². The van der Waals surface area contributed by atoms with Crippen molar-refractivity contribution in [3.8, 4) is 0 Å². The molecule has 1 aromatic heterocycles. The van der Waals surface area contributed by atoms with Crippen LogP contribution in [0.2, 0.25) is 0 Å². The van der Waals surface area contributed by atoms with Crippen molar-refractivity contribution in [3.63, 3.8) is 0 Å². The van der Waals surface area contributed by atoms with Crippen LogP contribution >= 0.6 is 0 Å². The second kappa shape index (κ2) is 4.54. The minimum absolute atomic E-state index is 0.303. The molecule has 0 bridgehead atoms. The first kappa shape index (κ1) is 11.2. The van der Waals surface area contributed by atoms with Crippen molar-refractivity contribution >= 4 is 11.9 Å². The van der Waals surface area contributed by atoms with Gasteiger partial charge in [0, 0.05) is 12.5 Å². The number of nitrogens with zero attached hydrogens (tertiary/aromatic N) is 1. The first-order valence-electron chi connectivity index (χ1n) is 4.59. The molecular weight excluding hydrogens is 196 g/mol. The van der Waals surface area contributed by atoms with Gasteiger partial charge < -0.3 is 10.8 Å². The molecular formula is C10H13N2O3+. The largest absolute Gasteiger partial charge is 0.476 e. The maximum atomic E-state index is 10.9. The molecule has 0 saturated carbocycles. The number of carbonyl (C=O) groups is 2. The summed E-state index contributed by atoms with van der Waals surface area (Å²) >= 11 is 0. The minimum atomic E-state index is -0.927. The fraction of sp³-hybridized carbons (Fsp3) is 0.300. The van der Waals surface area contributed by atoms with Gasteiger partial charge in [0.2, 0.25) is 0 Å². The molecule has 0 radical (unpaired) electrons. The quantitative estimate of drug-likeness (QED) is 0.690. The van der Waals surface area contributed by atoms with Crippen molar-refractivity contribution in [3.05, 3.63) is 30.1 Å². The van der Waals surface area contributed by atoms with Gasteiger partial charge in [-0.1, -0.05) is 6.92 Å². The van der Waals surface area contributed by atoms with Crippen molar-refractivity contribution < 1.29 is 19.3 Å². The summed E-state index contributed by atoms with van der Waals surface area (Å²) in [5, 5.41) is 8.92. The Labute approximate surface area is 87.1 Å². The van der Waals surface area contributed by atoms with Crippen molar-refractivity contribution in [1.82, 2.24) is 0 Å². The molecule has 15 heavy (non-hydrogen) atoms. The molecule has 0 aromatic carbocycles. The first-order valence-corrected chi connectivity index (χ1v) is 4.59. The monoisotopic (exact) mass is 209 g/mol. The van der Waals surface area contributed by atoms with Crippen molar-refractivity contribution in [2.45, 2.75) is 19.4 Å². The highest BCUT2D eigenvalue weighted by molar-refractivity contribution is 5.92. The highest BCUT2D eigenvalue weighted by Gasteiger charge is 2.25. The molecule has 1 amide bonds. The molecule has 0 aliphatic rings. The molecule has 0 fully saturated rings. The molecule has 1 atom stereocenters. The molecule has 3 N–H and O–H groups in total. The van der Waals surface area contributed by atoms with E-state index in [1.165, 1.54) is 10.8 Å². The number of aliphatic carboxylic acids is 1. The van der Waals surface area contributed by atoms with Crippen LogP contribution in [0, 0.1) is 0 Å². The number of pyridine rings is 1. The zero-order valence-electron chi connectivity index (χ0n) is 8.38. The standard InChI is InChI=1S/C10H12N2O3/c1-2-8(10(14)15)12-5-3-4-7(6-12)9(11)13/h3-6,8H,2H2,1H3,(H2-,11,13,14,15)/p+1. The number of carboxylic acids is 1. The zero-order valence-corrected chi connectivity index (χ0v) is 8.38. The van der Waals surface area contributed by atoms with Crippen LogP contribution in [0.5, 0.6) is 0 Å². The fourth-order valence-electron chi connectivity index (χ4n) is 1.35. The maximum Gasteiger partial charge on any atom is 0.373 e. The number of nitrogens with two attached hydrogens (primary N) is 1. The zero-order chi connectivity index (χ0) is 11.4. The fourth-order valence-corrected chi connectivity index (χ4v) is 1.35. The summed E-state index contributed by atoms with van der Waals surface area (Å²) in [6.07, 6.45) is 3.50. The van der Waals surface area contributed by atoms with E-state index in [-0.39, 0.29) is 0 Å². The number of rotatable bonds is 4. The van der Waals surface area contributed by atoms with Crippen molar-refractivity contribution in [2.75, 3.05) is 0 Å². The topological polar surface area (TPSA) is 84.3 Å². The molecule has 1 rings (SSSR count). The van der Waals surface area contributed by atoms with E-state index >= 15 is 0 Å². The lowest BCUT2D eigenvalue weighted by molar-refractivity contribution is -0.711. The number of amides is 1. The molecule has 5 nitrogen and oxygen atoms in total. The predicted molar refractivity (Wildman–Crippen MR) is 52.1 cm³/mol. The molecule has 5 heteroatoms. The minimum Gasteiger partial charge on any atom is -0.476 e. The average Bonchev–Trinajstić information content (AvgIpc) is 2.18. The third-order valence-corrected chi connectivity index (χ3v) is 2.14. The molecule has 0 aliphatic heterocycles. The number of carbonyl (C=O) groups excluding carboxylic acids is 1. The van der Waals surface area contributed by atoms with Crippen LogP contribution in [0.3, 0.4) is 0 Å². The third kappa shape index (κ3) is 2.52. The Morgan fingerprint density at radius 3 is 2.73 bits per heavy atom. The summed E-state index contributed by atoms with van der Waals surface area (Å²) < 4.78 is 1.47. The van der Waals surface area contributed by atoms with Crippen LogP contribution < -0.4 is 10.3 Å². The summed E-state index contributed by atoms with van der Waals surface area (Å²) in [5.74, 6) is -1.49. The molecule has 0 spiro atoms. The Kier molecular flexibility index (Phi) is 3.38. The van der Waals surface area contributed by atoms with E-state index in [1.54, 1.807) is 25.3 Å². The molecule has 0 aliphatic carbocycles. The van der Waals surface area contributed by atoms with Gasteiger partial charge in [-0.2, -0.15) is 4.57 Å². The van der Waals surface area contributed by atoms with Gasteiger partial charge in [-0.15, -0.1) is 0 Å². The van der Waals surface area contributed by atoms with E-state index in [0.29, 0.717) is 12.0 Å². The normalized spacial score (nSPS) is 12.1. The Morgan fingerprint density at radius 2 is 2.27 bits per heavy atom. The predicted octanol–water partition coefficient (Wildman–Crippen LogP) is 0.109. The average molecular weight is 209 g/mol. The number of hydrogen-bond donors (Lipinski definition) is 2. The Hall–Kier alpha value is -1.91. The maximum absolute atomic E-state index is 10.9. The van der Waals surface area contributed by atoms with E-state index in [4.69, 9.17) is 10.8 Å². The van der Waals surface area contributed by atoms with Crippen LogP contribution in [0.4, 0.5) is 0 Å². The van der Waals surface area contributed by atoms with Gasteiger partial charge in [-0.05, 0) is 6.07 Å². The Bertz CT molecular complexity index is 390. The van der Waals surface area contributed by atoms with Gasteiger partial charge in [0.1, 0.15) is 5.56 Å². The van der Waals surface area contributed by atoms with Gasteiger partial charge in [-0.25, -0.2) is 4.79 Å². The van der Waals surface area contributed by atoms with Gasteiger partial charge in [0.15, 0.2) is 12.4 Å². The Morgan fingerprint density at radius 1 is 1.60 bits per heavy atom. The summed E-state index contributed by atoms with van der Waals surface area (Å²) in [6, 6.07) is 2.49. The lowest BCUT2D eigenvalue weighted by Crippen LogP contribution is -2.44. The van der Waals surface area contributed by atoms with Gasteiger partial charge in [0.05, 0.1) is 0 Å². The van der Waals surface area contributed by atoms with E-state index in [0.717, 1.165) is 0 Å². The number of aromatic nitrogens is 1. The lowest BCUT2D eigenvalue weighted by atomic mass is 10.2. The second-order valence-electron chi connectivity index (χ2n) is 3.17. The highest BCUT2D eigenvalue weighted by atomic mass is 16.4. The van der Waals surface area contributed by atoms with Crippen molar-refractivity contribution in [1.29, 1.82) is 0 Å². The summed E-state index contributed by atoms with van der Waals surface area (Å²) in [7, 11) is 0. The lowest BCUT2D eigenvalue weighted by Gasteiger charge is -2.04. The molecule has 1 unspecified atom stereocenters. The van der Waals surface area contributed by atoms with E-state index in [1.807, 2.05) is 0 Å². The smallest absolute Gasteiger partial charge is 0.373 e. The molecule has 0 saturated heterocycles. The van der Waals surface area contributed by atoms with E-state index < -0.39 is 17.9 Å². The van der Waals surface area contributed by atoms with Crippen LogP contribution in [-0.4, -0.2) is 17.0 Å². The van der Waals surface area contributed by atoms with Crippen LogP contribution in [0.25, 0.3) is 0 Å². The summed E-state index contributed by atoms with van der Waals surface area (Å²) in [6.45, 7) is 1.77. The van der Waals surface area contributed by atoms with Crippen molar-refractivity contribution in [2.24, 2.45) is 5.73 Å². The SMILES string of the molecule is CCC(C(=O)O)[n+]1cccc(C(N)=O)c1. The number of carboxylic acid groups (broad SMARTS) is 1. The summed E-state index contributed by atoms with van der Waals surface area (Å²) in [5.41, 5.74) is 5.40. The molecule has 1 aromatic rings.